The minimum atomic E-state index is -4.10. The summed E-state index contributed by atoms with van der Waals surface area (Å²) in [6, 6.07) is 5.69. The highest BCUT2D eigenvalue weighted by Gasteiger charge is 2.26. The van der Waals surface area contributed by atoms with Crippen molar-refractivity contribution in [2.24, 2.45) is 0 Å². The molecule has 0 saturated heterocycles. The van der Waals surface area contributed by atoms with Gasteiger partial charge in [0, 0.05) is 13.0 Å². The summed E-state index contributed by atoms with van der Waals surface area (Å²) in [6.07, 6.45) is -2.84. The van der Waals surface area contributed by atoms with E-state index in [2.05, 4.69) is 5.32 Å². The van der Waals surface area contributed by atoms with Gasteiger partial charge in [-0.05, 0) is 30.9 Å². The molecule has 2 rings (SSSR count). The number of anilines is 1. The van der Waals surface area contributed by atoms with E-state index < -0.39 is 12.6 Å². The molecular formula is C13H16F3NO. The number of ether oxygens (including phenoxy) is 1. The summed E-state index contributed by atoms with van der Waals surface area (Å²) in [5, 5.41) is 3.24. The largest absolute Gasteiger partial charge is 0.491 e. The van der Waals surface area contributed by atoms with Crippen LogP contribution in [0.5, 0.6) is 5.75 Å². The van der Waals surface area contributed by atoms with Crippen molar-refractivity contribution in [1.82, 2.24) is 0 Å². The number of benzene rings is 1. The number of nitrogens with one attached hydrogen (secondary N) is 1. The molecule has 5 heteroatoms. The Balaban J connectivity index is 1.90. The molecule has 0 unspecified atom stereocenters. The van der Waals surface area contributed by atoms with Crippen molar-refractivity contribution in [3.8, 4) is 5.75 Å². The number of para-hydroxylation sites is 1. The highest BCUT2D eigenvalue weighted by atomic mass is 19.4. The van der Waals surface area contributed by atoms with Crippen LogP contribution >= 0.6 is 0 Å². The monoisotopic (exact) mass is 259 g/mol. The van der Waals surface area contributed by atoms with Crippen molar-refractivity contribution < 1.29 is 17.9 Å². The Hall–Kier alpha value is -1.39. The van der Waals surface area contributed by atoms with E-state index in [-0.39, 0.29) is 13.0 Å². The Labute approximate surface area is 104 Å². The zero-order valence-corrected chi connectivity index (χ0v) is 10.0. The number of alkyl halides is 3. The van der Waals surface area contributed by atoms with E-state index in [0.717, 1.165) is 25.1 Å². The number of fused-ring (bicyclic) bond motifs is 1. The zero-order chi connectivity index (χ0) is 13.0. The molecule has 0 aromatic heterocycles. The smallest absolute Gasteiger partial charge is 0.389 e. The SMILES string of the molecule is FC(F)(F)CCCOc1cccc2c1NCCC2. The highest BCUT2D eigenvalue weighted by Crippen LogP contribution is 2.32. The van der Waals surface area contributed by atoms with E-state index in [1.807, 2.05) is 12.1 Å². The van der Waals surface area contributed by atoms with Crippen LogP contribution < -0.4 is 10.1 Å². The topological polar surface area (TPSA) is 21.3 Å². The third-order valence-corrected chi connectivity index (χ3v) is 2.90. The lowest BCUT2D eigenvalue weighted by Crippen LogP contribution is -2.14. The van der Waals surface area contributed by atoms with Gasteiger partial charge < -0.3 is 10.1 Å². The third-order valence-electron chi connectivity index (χ3n) is 2.90. The van der Waals surface area contributed by atoms with Crippen molar-refractivity contribution in [2.75, 3.05) is 18.5 Å². The Kier molecular flexibility index (Phi) is 3.99. The molecular weight excluding hydrogens is 243 g/mol. The first-order valence-corrected chi connectivity index (χ1v) is 6.11. The Morgan fingerprint density at radius 1 is 1.28 bits per heavy atom. The minimum absolute atomic E-state index is 0.00678. The van der Waals surface area contributed by atoms with Gasteiger partial charge in [-0.25, -0.2) is 0 Å². The van der Waals surface area contributed by atoms with Crippen LogP contribution in [0.25, 0.3) is 0 Å². The highest BCUT2D eigenvalue weighted by molar-refractivity contribution is 5.63. The number of halogens is 3. The standard InChI is InChI=1S/C13H16F3NO/c14-13(15,16)7-3-9-18-11-6-1-4-10-5-2-8-17-12(10)11/h1,4,6,17H,2-3,5,7-9H2. The molecule has 1 heterocycles. The average Bonchev–Trinajstić information content (AvgIpc) is 2.33. The van der Waals surface area contributed by atoms with Crippen LogP contribution in [0.3, 0.4) is 0 Å². The van der Waals surface area contributed by atoms with Crippen molar-refractivity contribution in [3.63, 3.8) is 0 Å². The summed E-state index contributed by atoms with van der Waals surface area (Å²) in [7, 11) is 0. The van der Waals surface area contributed by atoms with E-state index in [1.165, 1.54) is 5.56 Å². The van der Waals surface area contributed by atoms with Gasteiger partial charge in [0.15, 0.2) is 0 Å². The Bertz CT molecular complexity index is 404. The molecule has 0 saturated carbocycles. The molecule has 0 aliphatic carbocycles. The predicted octanol–water partition coefficient (Wildman–Crippen LogP) is 3.77. The third kappa shape index (κ3) is 3.55. The summed E-state index contributed by atoms with van der Waals surface area (Å²) in [5.74, 6) is 0.661. The molecule has 0 fully saturated rings. The van der Waals surface area contributed by atoms with Gasteiger partial charge in [0.2, 0.25) is 0 Å². The molecule has 0 amide bonds. The lowest BCUT2D eigenvalue weighted by Gasteiger charge is -2.21. The molecule has 18 heavy (non-hydrogen) atoms. The molecule has 0 bridgehead atoms. The summed E-state index contributed by atoms with van der Waals surface area (Å²) in [5.41, 5.74) is 2.12. The maximum atomic E-state index is 12.0. The van der Waals surface area contributed by atoms with Gasteiger partial charge in [0.05, 0.1) is 12.3 Å². The van der Waals surface area contributed by atoms with Gasteiger partial charge in [0.25, 0.3) is 0 Å². The lowest BCUT2D eigenvalue weighted by molar-refractivity contribution is -0.136. The van der Waals surface area contributed by atoms with Gasteiger partial charge in [-0.1, -0.05) is 12.1 Å². The second-order valence-electron chi connectivity index (χ2n) is 4.39. The van der Waals surface area contributed by atoms with Gasteiger partial charge in [0.1, 0.15) is 5.75 Å². The van der Waals surface area contributed by atoms with Crippen LogP contribution in [0.2, 0.25) is 0 Å². The number of hydrogen-bond donors (Lipinski definition) is 1. The van der Waals surface area contributed by atoms with Crippen LogP contribution in [-0.4, -0.2) is 19.3 Å². The first-order chi connectivity index (χ1) is 8.56. The fraction of sp³-hybridized carbons (Fsp3) is 0.538. The van der Waals surface area contributed by atoms with Crippen LogP contribution in [0, 0.1) is 0 Å². The number of aryl methyl sites for hydroxylation is 1. The van der Waals surface area contributed by atoms with Crippen molar-refractivity contribution >= 4 is 5.69 Å². The first-order valence-electron chi connectivity index (χ1n) is 6.11. The quantitative estimate of drug-likeness (QED) is 0.831. The molecule has 1 aliphatic rings. The summed E-state index contributed by atoms with van der Waals surface area (Å²) in [6.45, 7) is 0.980. The summed E-state index contributed by atoms with van der Waals surface area (Å²) in [4.78, 5) is 0. The van der Waals surface area contributed by atoms with E-state index in [1.54, 1.807) is 6.07 Å². The molecule has 1 aromatic carbocycles. The Morgan fingerprint density at radius 3 is 2.89 bits per heavy atom. The molecule has 1 N–H and O–H groups in total. The predicted molar refractivity (Wildman–Crippen MR) is 64.0 cm³/mol. The summed E-state index contributed by atoms with van der Waals surface area (Å²) >= 11 is 0. The average molecular weight is 259 g/mol. The molecule has 0 spiro atoms. The maximum Gasteiger partial charge on any atom is 0.389 e. The second-order valence-corrected chi connectivity index (χ2v) is 4.39. The van der Waals surface area contributed by atoms with Crippen molar-refractivity contribution in [2.45, 2.75) is 31.9 Å². The van der Waals surface area contributed by atoms with Gasteiger partial charge >= 0.3 is 6.18 Å². The lowest BCUT2D eigenvalue weighted by atomic mass is 10.0. The van der Waals surface area contributed by atoms with Gasteiger partial charge in [-0.15, -0.1) is 0 Å². The number of hydrogen-bond acceptors (Lipinski definition) is 2. The minimum Gasteiger partial charge on any atom is -0.491 e. The molecule has 0 radical (unpaired) electrons. The van der Waals surface area contributed by atoms with E-state index in [9.17, 15) is 13.2 Å². The number of rotatable bonds is 4. The van der Waals surface area contributed by atoms with E-state index >= 15 is 0 Å². The van der Waals surface area contributed by atoms with Crippen LogP contribution in [-0.2, 0) is 6.42 Å². The normalized spacial score (nSPS) is 14.8. The fourth-order valence-corrected chi connectivity index (χ4v) is 2.05. The van der Waals surface area contributed by atoms with Crippen LogP contribution in [0.1, 0.15) is 24.8 Å². The van der Waals surface area contributed by atoms with E-state index in [0.29, 0.717) is 5.75 Å². The van der Waals surface area contributed by atoms with Crippen molar-refractivity contribution in [3.05, 3.63) is 23.8 Å². The van der Waals surface area contributed by atoms with Crippen LogP contribution in [0.15, 0.2) is 18.2 Å². The Morgan fingerprint density at radius 2 is 2.11 bits per heavy atom. The molecule has 100 valence electrons. The fourth-order valence-electron chi connectivity index (χ4n) is 2.05. The molecule has 1 aromatic rings. The first kappa shape index (κ1) is 13.1. The van der Waals surface area contributed by atoms with Gasteiger partial charge in [-0.2, -0.15) is 13.2 Å². The summed E-state index contributed by atoms with van der Waals surface area (Å²) < 4.78 is 41.4. The van der Waals surface area contributed by atoms with Crippen LogP contribution in [0.4, 0.5) is 18.9 Å². The molecule has 0 atom stereocenters. The second kappa shape index (κ2) is 5.50. The van der Waals surface area contributed by atoms with E-state index in [4.69, 9.17) is 4.74 Å². The van der Waals surface area contributed by atoms with Crippen molar-refractivity contribution in [1.29, 1.82) is 0 Å². The van der Waals surface area contributed by atoms with Gasteiger partial charge in [-0.3, -0.25) is 0 Å². The zero-order valence-electron chi connectivity index (χ0n) is 10.0. The molecule has 1 aliphatic heterocycles. The molecule has 2 nitrogen and oxygen atoms in total. The maximum absolute atomic E-state index is 12.0.